The number of hydrogen-bond acceptors (Lipinski definition) is 7. The Morgan fingerprint density at radius 1 is 1.14 bits per heavy atom. The predicted molar refractivity (Wildman–Crippen MR) is 138 cm³/mol. The molecule has 0 atom stereocenters. The number of aromatic hydroxyl groups is 1. The molecule has 0 aliphatic rings. The maximum Gasteiger partial charge on any atom is 0.250 e. The maximum absolute atomic E-state index is 12.5. The summed E-state index contributed by atoms with van der Waals surface area (Å²) in [7, 11) is 2.88. The van der Waals surface area contributed by atoms with Crippen molar-refractivity contribution in [3.63, 3.8) is 0 Å². The molecule has 0 saturated carbocycles. The lowest BCUT2D eigenvalue weighted by molar-refractivity contribution is -0.118. The van der Waals surface area contributed by atoms with Gasteiger partial charge >= 0.3 is 0 Å². The minimum atomic E-state index is -0.291. The average Bonchev–Trinajstić information content (AvgIpc) is 3.22. The van der Waals surface area contributed by atoms with E-state index >= 15 is 0 Å². The molecule has 1 aromatic heterocycles. The van der Waals surface area contributed by atoms with Crippen LogP contribution < -0.4 is 14.9 Å². The van der Waals surface area contributed by atoms with Crippen molar-refractivity contribution < 1.29 is 19.4 Å². The van der Waals surface area contributed by atoms with Gasteiger partial charge in [-0.05, 0) is 35.9 Å². The van der Waals surface area contributed by atoms with E-state index in [0.717, 1.165) is 16.6 Å². The van der Waals surface area contributed by atoms with E-state index in [9.17, 15) is 9.90 Å². The second kappa shape index (κ2) is 11.2. The molecule has 3 aromatic carbocycles. The Kier molecular flexibility index (Phi) is 7.79. The first kappa shape index (κ1) is 24.4. The second-order valence-corrected chi connectivity index (χ2v) is 8.77. The van der Waals surface area contributed by atoms with E-state index in [1.54, 1.807) is 12.1 Å². The first-order valence-electron chi connectivity index (χ1n) is 10.6. The van der Waals surface area contributed by atoms with Gasteiger partial charge < -0.3 is 19.1 Å². The largest absolute Gasteiger partial charge is 0.502 e. The Morgan fingerprint density at radius 2 is 1.83 bits per heavy atom. The Hall–Kier alpha value is -3.69. The molecule has 2 N–H and O–H groups in total. The van der Waals surface area contributed by atoms with Gasteiger partial charge in [-0.3, -0.25) is 4.79 Å². The van der Waals surface area contributed by atoms with E-state index in [1.807, 2.05) is 53.1 Å². The van der Waals surface area contributed by atoms with Gasteiger partial charge in [-0.2, -0.15) is 5.10 Å². The topological polar surface area (TPSA) is 98.0 Å². The summed E-state index contributed by atoms with van der Waals surface area (Å²) in [5, 5.41) is 15.4. The number of benzene rings is 3. The number of aromatic nitrogens is 2. The standard InChI is InChI=1S/C25H23ClN4O4S/c1-33-21-11-16(12-22(34-2)24(21)32)13-27-29-23(31)15-35-25-28-19-9-5-6-10-20(19)30(25)14-17-7-3-4-8-18(17)26/h3-13,32H,14-15H2,1-2H3,(H,29,31)/b27-13+. The summed E-state index contributed by atoms with van der Waals surface area (Å²) in [6.07, 6.45) is 1.44. The number of halogens is 1. The molecular weight excluding hydrogens is 488 g/mol. The van der Waals surface area contributed by atoms with Gasteiger partial charge in [0.2, 0.25) is 5.75 Å². The van der Waals surface area contributed by atoms with E-state index in [4.69, 9.17) is 26.1 Å². The molecule has 4 rings (SSSR count). The SMILES string of the molecule is COc1cc(/C=N/NC(=O)CSc2nc3ccccc3n2Cc2ccccc2Cl)cc(OC)c1O. The van der Waals surface area contributed by atoms with Crippen molar-refractivity contribution in [3.05, 3.63) is 76.8 Å². The second-order valence-electron chi connectivity index (χ2n) is 7.42. The lowest BCUT2D eigenvalue weighted by atomic mass is 10.2. The molecule has 4 aromatic rings. The van der Waals surface area contributed by atoms with Crippen molar-refractivity contribution in [2.45, 2.75) is 11.7 Å². The molecule has 0 unspecified atom stereocenters. The minimum Gasteiger partial charge on any atom is -0.502 e. The summed E-state index contributed by atoms with van der Waals surface area (Å²) in [6, 6.07) is 18.6. The molecule has 0 aliphatic heterocycles. The van der Waals surface area contributed by atoms with Crippen LogP contribution in [0.5, 0.6) is 17.2 Å². The molecule has 180 valence electrons. The number of hydrogen-bond donors (Lipinski definition) is 2. The van der Waals surface area contributed by atoms with Crippen LogP contribution in [0.25, 0.3) is 11.0 Å². The van der Waals surface area contributed by atoms with Crippen LogP contribution in [0.3, 0.4) is 0 Å². The van der Waals surface area contributed by atoms with Crippen LogP contribution in [0.1, 0.15) is 11.1 Å². The van der Waals surface area contributed by atoms with Crippen LogP contribution >= 0.6 is 23.4 Å². The fourth-order valence-electron chi connectivity index (χ4n) is 3.44. The number of rotatable bonds is 9. The third-order valence-electron chi connectivity index (χ3n) is 5.14. The number of carbonyl (C=O) groups excluding carboxylic acids is 1. The van der Waals surface area contributed by atoms with Crippen molar-refractivity contribution in [1.29, 1.82) is 0 Å². The minimum absolute atomic E-state index is 0.104. The number of carbonyl (C=O) groups is 1. The fraction of sp³-hybridized carbons (Fsp3) is 0.160. The van der Waals surface area contributed by atoms with Crippen molar-refractivity contribution in [1.82, 2.24) is 15.0 Å². The number of methoxy groups -OCH3 is 2. The number of ether oxygens (including phenoxy) is 2. The maximum atomic E-state index is 12.5. The molecule has 10 heteroatoms. The van der Waals surface area contributed by atoms with Crippen LogP contribution in [0, 0.1) is 0 Å². The van der Waals surface area contributed by atoms with Crippen molar-refractivity contribution in [3.8, 4) is 17.2 Å². The molecule has 0 spiro atoms. The smallest absolute Gasteiger partial charge is 0.250 e. The van der Waals surface area contributed by atoms with Crippen LogP contribution in [-0.2, 0) is 11.3 Å². The average molecular weight is 511 g/mol. The summed E-state index contributed by atoms with van der Waals surface area (Å²) < 4.78 is 12.3. The van der Waals surface area contributed by atoms with Gasteiger partial charge in [0.05, 0.1) is 43.8 Å². The van der Waals surface area contributed by atoms with Gasteiger partial charge in [0.25, 0.3) is 5.91 Å². The molecule has 0 fully saturated rings. The number of hydrazone groups is 1. The summed E-state index contributed by atoms with van der Waals surface area (Å²) in [4.78, 5) is 17.2. The van der Waals surface area contributed by atoms with E-state index in [0.29, 0.717) is 22.3 Å². The predicted octanol–water partition coefficient (Wildman–Crippen LogP) is 4.70. The zero-order valence-corrected chi connectivity index (χ0v) is 20.6. The molecular formula is C25H23ClN4O4S. The Labute approximate surface area is 211 Å². The van der Waals surface area contributed by atoms with Gasteiger partial charge in [-0.25, -0.2) is 10.4 Å². The number of phenols is 1. The Balaban J connectivity index is 1.45. The molecule has 0 bridgehead atoms. The van der Waals surface area contributed by atoms with E-state index in [1.165, 1.54) is 32.2 Å². The van der Waals surface area contributed by atoms with Crippen molar-refractivity contribution in [2.75, 3.05) is 20.0 Å². The van der Waals surface area contributed by atoms with Gasteiger partial charge in [-0.15, -0.1) is 0 Å². The molecule has 8 nitrogen and oxygen atoms in total. The summed E-state index contributed by atoms with van der Waals surface area (Å²) >= 11 is 7.69. The number of phenolic OH excluding ortho intramolecular Hbond substituents is 1. The molecule has 1 amide bonds. The van der Waals surface area contributed by atoms with Gasteiger partial charge in [-0.1, -0.05) is 53.7 Å². The molecule has 1 heterocycles. The van der Waals surface area contributed by atoms with E-state index in [2.05, 4.69) is 10.5 Å². The Bertz CT molecular complexity index is 1360. The van der Waals surface area contributed by atoms with Crippen molar-refractivity contribution >= 4 is 46.5 Å². The van der Waals surface area contributed by atoms with Gasteiger partial charge in [0.15, 0.2) is 16.7 Å². The number of nitrogens with zero attached hydrogens (tertiary/aromatic N) is 3. The summed E-state index contributed by atoms with van der Waals surface area (Å²) in [5.41, 5.74) is 5.87. The van der Waals surface area contributed by atoms with Gasteiger partial charge in [0, 0.05) is 10.6 Å². The van der Waals surface area contributed by atoms with Crippen LogP contribution in [-0.4, -0.2) is 46.8 Å². The Morgan fingerprint density at radius 3 is 2.54 bits per heavy atom. The summed E-state index contributed by atoms with van der Waals surface area (Å²) in [5.74, 6) is 0.202. The highest BCUT2D eigenvalue weighted by atomic mass is 35.5. The van der Waals surface area contributed by atoms with E-state index in [-0.39, 0.29) is 28.9 Å². The first-order chi connectivity index (χ1) is 17.0. The highest BCUT2D eigenvalue weighted by Gasteiger charge is 2.14. The number of imidazole rings is 1. The third-order valence-corrected chi connectivity index (χ3v) is 6.49. The van der Waals surface area contributed by atoms with Gasteiger partial charge in [0.1, 0.15) is 0 Å². The normalized spacial score (nSPS) is 11.2. The molecule has 0 aliphatic carbocycles. The van der Waals surface area contributed by atoms with Crippen LogP contribution in [0.15, 0.2) is 70.9 Å². The number of fused-ring (bicyclic) bond motifs is 1. The lowest BCUT2D eigenvalue weighted by Crippen LogP contribution is -2.20. The van der Waals surface area contributed by atoms with E-state index < -0.39 is 0 Å². The highest BCUT2D eigenvalue weighted by Crippen LogP contribution is 2.36. The fourth-order valence-corrected chi connectivity index (χ4v) is 4.44. The molecule has 35 heavy (non-hydrogen) atoms. The van der Waals surface area contributed by atoms with Crippen molar-refractivity contribution in [2.24, 2.45) is 5.10 Å². The summed E-state index contributed by atoms with van der Waals surface area (Å²) in [6.45, 7) is 0.535. The number of amides is 1. The lowest BCUT2D eigenvalue weighted by Gasteiger charge is -2.10. The first-order valence-corrected chi connectivity index (χ1v) is 11.9. The number of nitrogens with one attached hydrogen (secondary N) is 1. The zero-order valence-electron chi connectivity index (χ0n) is 19.1. The number of para-hydroxylation sites is 2. The molecule has 0 saturated heterocycles. The highest BCUT2D eigenvalue weighted by molar-refractivity contribution is 7.99. The van der Waals surface area contributed by atoms with Crippen LogP contribution in [0.4, 0.5) is 0 Å². The quantitative estimate of drug-likeness (QED) is 0.192. The monoisotopic (exact) mass is 510 g/mol. The third kappa shape index (κ3) is 5.70. The zero-order chi connectivity index (χ0) is 24.8. The van der Waals surface area contributed by atoms with Crippen LogP contribution in [0.2, 0.25) is 5.02 Å². The molecule has 0 radical (unpaired) electrons. The number of thioether (sulfide) groups is 1.